The number of aromatic nitrogens is 3. The number of rotatable bonds is 5. The average Bonchev–Trinajstić information content (AvgIpc) is 3.17. The fraction of sp³-hybridized carbons (Fsp3) is 0.438. The van der Waals surface area contributed by atoms with Crippen LogP contribution >= 0.6 is 0 Å². The molecule has 122 valence electrons. The maximum absolute atomic E-state index is 13.2. The Bertz CT molecular complexity index is 688. The van der Waals surface area contributed by atoms with E-state index in [9.17, 15) is 9.18 Å². The van der Waals surface area contributed by atoms with Crippen LogP contribution in [-0.4, -0.2) is 32.0 Å². The van der Waals surface area contributed by atoms with E-state index in [2.05, 4.69) is 15.6 Å². The topological polar surface area (TPSA) is 80.0 Å². The molecule has 1 heterocycles. The minimum atomic E-state index is -0.417. The molecule has 3 rings (SSSR count). The second-order valence-electron chi connectivity index (χ2n) is 5.87. The van der Waals surface area contributed by atoms with Gasteiger partial charge in [-0.3, -0.25) is 9.48 Å². The quantitative estimate of drug-likeness (QED) is 0.876. The summed E-state index contributed by atoms with van der Waals surface area (Å²) in [6, 6.07) is 5.73. The molecule has 0 bridgehead atoms. The van der Waals surface area contributed by atoms with Crippen LogP contribution in [0.4, 0.5) is 4.39 Å². The van der Waals surface area contributed by atoms with E-state index in [1.165, 1.54) is 18.2 Å². The van der Waals surface area contributed by atoms with E-state index < -0.39 is 5.82 Å². The van der Waals surface area contributed by atoms with Crippen molar-refractivity contribution in [1.29, 1.82) is 0 Å². The van der Waals surface area contributed by atoms with Crippen LogP contribution in [0.3, 0.4) is 0 Å². The van der Waals surface area contributed by atoms with E-state index in [4.69, 9.17) is 5.11 Å². The third-order valence-electron chi connectivity index (χ3n) is 4.23. The summed E-state index contributed by atoms with van der Waals surface area (Å²) in [7, 11) is 0. The highest BCUT2D eigenvalue weighted by Gasteiger charge is 2.29. The van der Waals surface area contributed by atoms with Gasteiger partial charge in [0.15, 0.2) is 0 Å². The number of halogens is 1. The van der Waals surface area contributed by atoms with E-state index in [0.29, 0.717) is 17.8 Å². The van der Waals surface area contributed by atoms with Crippen molar-refractivity contribution in [2.45, 2.75) is 38.5 Å². The fourth-order valence-electron chi connectivity index (χ4n) is 3.07. The Balaban J connectivity index is 1.63. The Kier molecular flexibility index (Phi) is 4.66. The van der Waals surface area contributed by atoms with Gasteiger partial charge in [0, 0.05) is 18.2 Å². The number of aliphatic hydroxyl groups excluding tert-OH is 1. The van der Waals surface area contributed by atoms with E-state index in [1.807, 2.05) is 0 Å². The number of nitrogens with one attached hydrogen (secondary N) is 1. The van der Waals surface area contributed by atoms with Gasteiger partial charge in [0.1, 0.15) is 11.5 Å². The lowest BCUT2D eigenvalue weighted by molar-refractivity contribution is 0.0924. The summed E-state index contributed by atoms with van der Waals surface area (Å²) in [5.74, 6) is -0.420. The Labute approximate surface area is 133 Å². The number of nitrogens with zero attached hydrogens (tertiary/aromatic N) is 3. The highest BCUT2D eigenvalue weighted by atomic mass is 19.1. The Morgan fingerprint density at radius 2 is 2.30 bits per heavy atom. The smallest absolute Gasteiger partial charge is 0.251 e. The van der Waals surface area contributed by atoms with Crippen LogP contribution < -0.4 is 5.32 Å². The minimum Gasteiger partial charge on any atom is -0.390 e. The number of carbonyl (C=O) groups excluding carboxylic acids is 1. The first kappa shape index (κ1) is 15.6. The second-order valence-corrected chi connectivity index (χ2v) is 5.87. The molecule has 1 aromatic heterocycles. The van der Waals surface area contributed by atoms with Gasteiger partial charge in [-0.05, 0) is 37.0 Å². The number of hydrogen-bond donors (Lipinski definition) is 2. The SMILES string of the molecule is O=C(N[C@H]1CCC[C@H]1Cn1cc(CO)nn1)c1cccc(F)c1. The van der Waals surface area contributed by atoms with Crippen molar-refractivity contribution in [2.24, 2.45) is 5.92 Å². The first-order valence-electron chi connectivity index (χ1n) is 7.72. The van der Waals surface area contributed by atoms with E-state index in [1.54, 1.807) is 16.9 Å². The summed E-state index contributed by atoms with van der Waals surface area (Å²) < 4.78 is 14.9. The van der Waals surface area contributed by atoms with Crippen LogP contribution in [0, 0.1) is 11.7 Å². The summed E-state index contributed by atoms with van der Waals surface area (Å²) in [6.45, 7) is 0.505. The van der Waals surface area contributed by atoms with E-state index in [0.717, 1.165) is 19.3 Å². The predicted molar refractivity (Wildman–Crippen MR) is 80.9 cm³/mol. The molecule has 1 aromatic carbocycles. The fourth-order valence-corrected chi connectivity index (χ4v) is 3.07. The maximum atomic E-state index is 13.2. The van der Waals surface area contributed by atoms with Crippen LogP contribution in [0.25, 0.3) is 0 Å². The van der Waals surface area contributed by atoms with Gasteiger partial charge >= 0.3 is 0 Å². The third-order valence-corrected chi connectivity index (χ3v) is 4.23. The highest BCUT2D eigenvalue weighted by molar-refractivity contribution is 5.94. The molecule has 0 aliphatic heterocycles. The summed E-state index contributed by atoms with van der Waals surface area (Å²) >= 11 is 0. The van der Waals surface area contributed by atoms with Crippen LogP contribution in [0.5, 0.6) is 0 Å². The molecule has 1 aliphatic carbocycles. The standard InChI is InChI=1S/C16H19FN4O2/c17-13-5-1-3-11(7-13)16(23)18-15-6-2-4-12(15)8-21-9-14(10-22)19-20-21/h1,3,5,7,9,12,15,22H,2,4,6,8,10H2,(H,18,23)/t12-,15-/m0/s1. The zero-order valence-electron chi connectivity index (χ0n) is 12.7. The zero-order chi connectivity index (χ0) is 16.2. The molecule has 2 N–H and O–H groups in total. The van der Waals surface area contributed by atoms with Crippen molar-refractivity contribution in [3.63, 3.8) is 0 Å². The molecule has 23 heavy (non-hydrogen) atoms. The lowest BCUT2D eigenvalue weighted by atomic mass is 10.0. The van der Waals surface area contributed by atoms with Gasteiger partial charge in [-0.25, -0.2) is 4.39 Å². The van der Waals surface area contributed by atoms with Crippen molar-refractivity contribution in [3.05, 3.63) is 47.5 Å². The van der Waals surface area contributed by atoms with Crippen molar-refractivity contribution in [3.8, 4) is 0 Å². The Hall–Kier alpha value is -2.28. The molecule has 2 atom stereocenters. The summed E-state index contributed by atoms with van der Waals surface area (Å²) in [5.41, 5.74) is 0.863. The van der Waals surface area contributed by atoms with Crippen molar-refractivity contribution < 1.29 is 14.3 Å². The van der Waals surface area contributed by atoms with Gasteiger partial charge in [0.05, 0.1) is 12.8 Å². The first-order chi connectivity index (χ1) is 11.2. The van der Waals surface area contributed by atoms with Crippen molar-refractivity contribution in [2.75, 3.05) is 0 Å². The monoisotopic (exact) mass is 318 g/mol. The van der Waals surface area contributed by atoms with Crippen molar-refractivity contribution in [1.82, 2.24) is 20.3 Å². The second kappa shape index (κ2) is 6.87. The molecule has 1 amide bonds. The van der Waals surface area contributed by atoms with Gasteiger partial charge in [-0.15, -0.1) is 5.10 Å². The molecule has 2 aromatic rings. The zero-order valence-corrected chi connectivity index (χ0v) is 12.7. The molecule has 1 fully saturated rings. The molecule has 7 heteroatoms. The Morgan fingerprint density at radius 3 is 3.04 bits per heavy atom. The minimum absolute atomic E-state index is 0.0348. The molecule has 1 saturated carbocycles. The molecule has 0 saturated heterocycles. The molecule has 0 unspecified atom stereocenters. The third kappa shape index (κ3) is 3.73. The number of carbonyl (C=O) groups is 1. The average molecular weight is 318 g/mol. The van der Waals surface area contributed by atoms with E-state index >= 15 is 0 Å². The number of benzene rings is 1. The van der Waals surface area contributed by atoms with Crippen LogP contribution in [0.1, 0.15) is 35.3 Å². The van der Waals surface area contributed by atoms with Crippen LogP contribution in [0.2, 0.25) is 0 Å². The van der Waals surface area contributed by atoms with Gasteiger partial charge < -0.3 is 10.4 Å². The van der Waals surface area contributed by atoms with Gasteiger partial charge in [0.25, 0.3) is 5.91 Å². The molecular weight excluding hydrogens is 299 g/mol. The molecule has 6 nitrogen and oxygen atoms in total. The lowest BCUT2D eigenvalue weighted by Gasteiger charge is -2.20. The van der Waals surface area contributed by atoms with Gasteiger partial charge in [-0.2, -0.15) is 0 Å². The number of aliphatic hydroxyl groups is 1. The number of amides is 1. The molecule has 0 spiro atoms. The molecule has 0 radical (unpaired) electrons. The Morgan fingerprint density at radius 1 is 1.43 bits per heavy atom. The summed E-state index contributed by atoms with van der Waals surface area (Å²) in [6.07, 6.45) is 4.62. The highest BCUT2D eigenvalue weighted by Crippen LogP contribution is 2.27. The number of hydrogen-bond acceptors (Lipinski definition) is 4. The van der Waals surface area contributed by atoms with Crippen LogP contribution in [-0.2, 0) is 13.2 Å². The summed E-state index contributed by atoms with van der Waals surface area (Å²) in [4.78, 5) is 12.3. The lowest BCUT2D eigenvalue weighted by Crippen LogP contribution is -2.38. The first-order valence-corrected chi connectivity index (χ1v) is 7.72. The summed E-state index contributed by atoms with van der Waals surface area (Å²) in [5, 5.41) is 19.9. The predicted octanol–water partition coefficient (Wildman–Crippen LogP) is 1.51. The largest absolute Gasteiger partial charge is 0.390 e. The van der Waals surface area contributed by atoms with E-state index in [-0.39, 0.29) is 24.5 Å². The van der Waals surface area contributed by atoms with Crippen LogP contribution in [0.15, 0.2) is 30.5 Å². The normalized spacial score (nSPS) is 20.6. The maximum Gasteiger partial charge on any atom is 0.251 e. The van der Waals surface area contributed by atoms with Gasteiger partial charge in [0.2, 0.25) is 0 Å². The van der Waals surface area contributed by atoms with Gasteiger partial charge in [-0.1, -0.05) is 17.7 Å². The van der Waals surface area contributed by atoms with Crippen molar-refractivity contribution >= 4 is 5.91 Å². The molecular formula is C16H19FN4O2. The molecule has 1 aliphatic rings.